The van der Waals surface area contributed by atoms with Gasteiger partial charge in [0.25, 0.3) is 11.8 Å². The van der Waals surface area contributed by atoms with Crippen molar-refractivity contribution in [2.75, 3.05) is 52.1 Å². The van der Waals surface area contributed by atoms with E-state index in [-0.39, 0.29) is 35.0 Å². The van der Waals surface area contributed by atoms with Gasteiger partial charge in [-0.05, 0) is 73.4 Å². The summed E-state index contributed by atoms with van der Waals surface area (Å²) in [5, 5.41) is 0. The van der Waals surface area contributed by atoms with Crippen LogP contribution in [0.15, 0.2) is 71.8 Å². The van der Waals surface area contributed by atoms with Gasteiger partial charge in [0.15, 0.2) is 15.6 Å². The number of carbonyl (C=O) groups is 3. The first-order chi connectivity index (χ1) is 21.7. The molecule has 11 heteroatoms. The number of hydrogen-bond donors (Lipinski definition) is 0. The third-order valence-corrected chi connectivity index (χ3v) is 10.5. The highest BCUT2D eigenvalue weighted by molar-refractivity contribution is 7.91. The molecule has 0 bridgehead atoms. The van der Waals surface area contributed by atoms with E-state index in [1.807, 2.05) is 19.1 Å². The Morgan fingerprint density at radius 3 is 2.00 bits per heavy atom. The van der Waals surface area contributed by atoms with Gasteiger partial charge in [-0.3, -0.25) is 24.3 Å². The Labute approximate surface area is 264 Å². The lowest BCUT2D eigenvalue weighted by Gasteiger charge is -2.34. The normalized spacial score (nSPS) is 16.4. The highest BCUT2D eigenvalue weighted by Gasteiger charge is 2.29. The summed E-state index contributed by atoms with van der Waals surface area (Å²) in [6, 6.07) is 17.4. The number of nitrogens with zero attached hydrogens (tertiary/aromatic N) is 4. The molecule has 0 atom stereocenters. The number of rotatable bonds is 10. The Hall–Kier alpha value is -4.09. The van der Waals surface area contributed by atoms with Crippen LogP contribution in [0.1, 0.15) is 63.0 Å². The van der Waals surface area contributed by atoms with Crippen molar-refractivity contribution in [3.8, 4) is 5.75 Å². The SMILES string of the molecule is CCCS(=O)(=O)c1ccc(CN2CCN(C(=O)c3ccc(C(=O)N4CCC(C(=O)c5ccc(OC)cc5)CC4)nc3)CC2)cc1. The number of Topliss-reactive ketones (excluding diaryl/α,β-unsaturated/α-hetero) is 1. The number of ether oxygens (including phenoxy) is 1. The average Bonchev–Trinajstić information content (AvgIpc) is 3.08. The summed E-state index contributed by atoms with van der Waals surface area (Å²) in [5.41, 5.74) is 2.40. The van der Waals surface area contributed by atoms with Crippen molar-refractivity contribution in [3.05, 3.63) is 89.2 Å². The molecule has 10 nitrogen and oxygen atoms in total. The number of pyridine rings is 1. The summed E-state index contributed by atoms with van der Waals surface area (Å²) in [5.74, 6) is 0.476. The van der Waals surface area contributed by atoms with E-state index in [0.717, 1.165) is 5.56 Å². The summed E-state index contributed by atoms with van der Waals surface area (Å²) < 4.78 is 29.7. The molecular weight excluding hydrogens is 592 g/mol. The zero-order valence-corrected chi connectivity index (χ0v) is 26.7. The molecule has 45 heavy (non-hydrogen) atoms. The van der Waals surface area contributed by atoms with Crippen molar-refractivity contribution in [3.63, 3.8) is 0 Å². The molecule has 2 aliphatic rings. The Kier molecular flexibility index (Phi) is 10.3. The van der Waals surface area contributed by atoms with E-state index >= 15 is 0 Å². The first kappa shape index (κ1) is 32.3. The van der Waals surface area contributed by atoms with Crippen LogP contribution in [-0.4, -0.2) is 97.8 Å². The quantitative estimate of drug-likeness (QED) is 0.309. The van der Waals surface area contributed by atoms with Gasteiger partial charge in [0, 0.05) is 63.5 Å². The third-order valence-electron chi connectivity index (χ3n) is 8.58. The van der Waals surface area contributed by atoms with Crippen LogP contribution in [0.2, 0.25) is 0 Å². The number of piperidine rings is 1. The van der Waals surface area contributed by atoms with Crippen LogP contribution in [0.3, 0.4) is 0 Å². The van der Waals surface area contributed by atoms with E-state index < -0.39 is 9.84 Å². The molecule has 0 unspecified atom stereocenters. The molecule has 2 aromatic carbocycles. The summed E-state index contributed by atoms with van der Waals surface area (Å²) in [6.45, 7) is 6.00. The van der Waals surface area contributed by atoms with Crippen molar-refractivity contribution in [1.82, 2.24) is 19.7 Å². The minimum atomic E-state index is -3.23. The number of sulfone groups is 1. The predicted octanol–water partition coefficient (Wildman–Crippen LogP) is 3.97. The molecule has 0 radical (unpaired) electrons. The number of piperazine rings is 1. The average molecular weight is 633 g/mol. The smallest absolute Gasteiger partial charge is 0.272 e. The summed E-state index contributed by atoms with van der Waals surface area (Å²) in [7, 11) is -1.64. The summed E-state index contributed by atoms with van der Waals surface area (Å²) >= 11 is 0. The molecule has 0 aliphatic carbocycles. The standard InChI is InChI=1S/C34H40N4O6S/c1-3-22-45(42,43)30-11-4-25(5-12-30)24-36-18-20-38(21-19-36)33(40)28-8-13-31(35-23-28)34(41)37-16-14-27(15-17-37)32(39)26-6-9-29(44-2)10-7-26/h4-13,23,27H,3,14-22,24H2,1-2H3. The molecule has 2 aliphatic heterocycles. The molecule has 0 spiro atoms. The van der Waals surface area contributed by atoms with Gasteiger partial charge in [-0.1, -0.05) is 19.1 Å². The van der Waals surface area contributed by atoms with Gasteiger partial charge in [0.05, 0.1) is 23.3 Å². The van der Waals surface area contributed by atoms with E-state index in [9.17, 15) is 22.8 Å². The van der Waals surface area contributed by atoms with Crippen molar-refractivity contribution in [2.45, 2.75) is 37.6 Å². The molecule has 238 valence electrons. The molecule has 2 amide bonds. The van der Waals surface area contributed by atoms with Crippen LogP contribution < -0.4 is 4.74 Å². The first-order valence-corrected chi connectivity index (χ1v) is 17.1. The van der Waals surface area contributed by atoms with Gasteiger partial charge < -0.3 is 14.5 Å². The van der Waals surface area contributed by atoms with Crippen LogP contribution in [0, 0.1) is 5.92 Å². The second-order valence-corrected chi connectivity index (χ2v) is 13.7. The summed E-state index contributed by atoms with van der Waals surface area (Å²) in [4.78, 5) is 49.6. The minimum absolute atomic E-state index is 0.0839. The monoisotopic (exact) mass is 632 g/mol. The Morgan fingerprint density at radius 1 is 0.800 bits per heavy atom. The Morgan fingerprint density at radius 2 is 1.42 bits per heavy atom. The molecule has 2 saturated heterocycles. The maximum atomic E-state index is 13.2. The van der Waals surface area contributed by atoms with Crippen LogP contribution in [0.25, 0.3) is 0 Å². The van der Waals surface area contributed by atoms with Crippen LogP contribution >= 0.6 is 0 Å². The van der Waals surface area contributed by atoms with Gasteiger partial charge in [0.1, 0.15) is 11.4 Å². The number of likely N-dealkylation sites (tertiary alicyclic amines) is 1. The van der Waals surface area contributed by atoms with Gasteiger partial charge in [-0.25, -0.2) is 8.42 Å². The molecule has 0 saturated carbocycles. The van der Waals surface area contributed by atoms with Crippen LogP contribution in [0.5, 0.6) is 5.75 Å². The van der Waals surface area contributed by atoms with Crippen molar-refractivity contribution < 1.29 is 27.5 Å². The lowest BCUT2D eigenvalue weighted by Crippen LogP contribution is -2.48. The van der Waals surface area contributed by atoms with Crippen LogP contribution in [-0.2, 0) is 16.4 Å². The number of ketones is 1. The molecule has 3 heterocycles. The maximum absolute atomic E-state index is 13.2. The Bertz CT molecular complexity index is 1590. The van der Waals surface area contributed by atoms with E-state index in [0.29, 0.717) is 86.8 Å². The predicted molar refractivity (Wildman–Crippen MR) is 170 cm³/mol. The minimum Gasteiger partial charge on any atom is -0.497 e. The molecule has 3 aromatic rings. The zero-order chi connectivity index (χ0) is 32.0. The fraction of sp³-hybridized carbons (Fsp3) is 0.412. The molecule has 1 aromatic heterocycles. The number of aromatic nitrogens is 1. The number of carbonyl (C=O) groups excluding carboxylic acids is 3. The number of methoxy groups -OCH3 is 1. The number of amides is 2. The lowest BCUT2D eigenvalue weighted by molar-refractivity contribution is 0.0624. The van der Waals surface area contributed by atoms with E-state index in [4.69, 9.17) is 4.74 Å². The fourth-order valence-corrected chi connectivity index (χ4v) is 7.21. The van der Waals surface area contributed by atoms with E-state index in [1.165, 1.54) is 6.20 Å². The topological polar surface area (TPSA) is 117 Å². The number of benzene rings is 2. The largest absolute Gasteiger partial charge is 0.497 e. The highest BCUT2D eigenvalue weighted by Crippen LogP contribution is 2.24. The second kappa shape index (κ2) is 14.3. The highest BCUT2D eigenvalue weighted by atomic mass is 32.2. The van der Waals surface area contributed by atoms with Crippen molar-refractivity contribution >= 4 is 27.4 Å². The van der Waals surface area contributed by atoms with Crippen molar-refractivity contribution in [2.24, 2.45) is 5.92 Å². The molecular formula is C34H40N4O6S. The second-order valence-electron chi connectivity index (χ2n) is 11.6. The Balaban J connectivity index is 1.08. The first-order valence-electron chi connectivity index (χ1n) is 15.5. The molecule has 0 N–H and O–H groups in total. The van der Waals surface area contributed by atoms with Crippen molar-refractivity contribution in [1.29, 1.82) is 0 Å². The third kappa shape index (κ3) is 7.77. The lowest BCUT2D eigenvalue weighted by atomic mass is 9.88. The number of hydrogen-bond acceptors (Lipinski definition) is 8. The molecule has 2 fully saturated rings. The van der Waals surface area contributed by atoms with E-state index in [2.05, 4.69) is 9.88 Å². The van der Waals surface area contributed by atoms with Crippen LogP contribution in [0.4, 0.5) is 0 Å². The van der Waals surface area contributed by atoms with Gasteiger partial charge in [-0.2, -0.15) is 0 Å². The van der Waals surface area contributed by atoms with Gasteiger partial charge in [-0.15, -0.1) is 0 Å². The molecule has 5 rings (SSSR count). The maximum Gasteiger partial charge on any atom is 0.272 e. The van der Waals surface area contributed by atoms with Gasteiger partial charge >= 0.3 is 0 Å². The van der Waals surface area contributed by atoms with Gasteiger partial charge in [0.2, 0.25) is 0 Å². The zero-order valence-electron chi connectivity index (χ0n) is 25.9. The fourth-order valence-electron chi connectivity index (χ4n) is 5.88. The summed E-state index contributed by atoms with van der Waals surface area (Å²) in [6.07, 6.45) is 3.23. The van der Waals surface area contributed by atoms with E-state index in [1.54, 1.807) is 65.4 Å².